The first-order valence-corrected chi connectivity index (χ1v) is 12.4. The summed E-state index contributed by atoms with van der Waals surface area (Å²) in [6, 6.07) is 1.51. The van der Waals surface area contributed by atoms with Crippen molar-refractivity contribution in [1.82, 2.24) is 14.5 Å². The van der Waals surface area contributed by atoms with E-state index in [0.29, 0.717) is 19.7 Å². The lowest BCUT2D eigenvalue weighted by Crippen LogP contribution is -2.35. The normalized spacial score (nSPS) is 16.8. The third kappa shape index (κ3) is 3.52. The molecule has 3 N–H and O–H groups in total. The number of hydrogen-bond acceptors (Lipinski definition) is 6. The van der Waals surface area contributed by atoms with Gasteiger partial charge in [0.05, 0.1) is 6.61 Å². The Morgan fingerprint density at radius 1 is 1.13 bits per heavy atom. The van der Waals surface area contributed by atoms with Crippen LogP contribution < -0.4 is 20.1 Å². The summed E-state index contributed by atoms with van der Waals surface area (Å²) in [6.45, 7) is 3.33. The Bertz CT molecular complexity index is 1120. The second-order valence-corrected chi connectivity index (χ2v) is 9.85. The molecule has 166 valence electrons. The number of carbonyl (C=O) groups is 1. The molecule has 9 nitrogen and oxygen atoms in total. The molecule has 10 heteroatoms. The zero-order valence-electron chi connectivity index (χ0n) is 17.6. The minimum atomic E-state index is -4.19. The fourth-order valence-corrected chi connectivity index (χ4v) is 6.07. The molecule has 0 saturated heterocycles. The number of benzene rings is 1. The lowest BCUT2D eigenvalue weighted by Gasteiger charge is -2.18. The summed E-state index contributed by atoms with van der Waals surface area (Å²) in [7, 11) is -4.19. The van der Waals surface area contributed by atoms with Gasteiger partial charge in [-0.25, -0.2) is 22.6 Å². The molecule has 0 fully saturated rings. The summed E-state index contributed by atoms with van der Waals surface area (Å²) in [4.78, 5) is 12.8. The Labute approximate surface area is 181 Å². The second kappa shape index (κ2) is 7.74. The van der Waals surface area contributed by atoms with E-state index >= 15 is 0 Å². The summed E-state index contributed by atoms with van der Waals surface area (Å²) < 4.78 is 35.7. The van der Waals surface area contributed by atoms with Crippen molar-refractivity contribution in [1.29, 1.82) is 0 Å². The predicted octanol–water partition coefficient (Wildman–Crippen LogP) is 2.59. The van der Waals surface area contributed by atoms with Crippen LogP contribution in [-0.2, 0) is 42.3 Å². The summed E-state index contributed by atoms with van der Waals surface area (Å²) in [5, 5.41) is 10.2. The van der Waals surface area contributed by atoms with Crippen LogP contribution in [0.1, 0.15) is 48.4 Å². The smallest absolute Gasteiger partial charge is 0.333 e. The highest BCUT2D eigenvalue weighted by atomic mass is 32.2. The maximum atomic E-state index is 13.2. The van der Waals surface area contributed by atoms with Gasteiger partial charge in [-0.3, -0.25) is 0 Å². The highest BCUT2D eigenvalue weighted by molar-refractivity contribution is 7.90. The van der Waals surface area contributed by atoms with Crippen molar-refractivity contribution in [2.75, 3.05) is 23.8 Å². The summed E-state index contributed by atoms with van der Waals surface area (Å²) in [5.41, 5.74) is 5.63. The molecule has 0 spiro atoms. The molecule has 1 aliphatic heterocycles. The number of carbonyl (C=O) groups excluding carboxylic acids is 1. The van der Waals surface area contributed by atoms with Gasteiger partial charge >= 0.3 is 6.03 Å². The van der Waals surface area contributed by atoms with Crippen LogP contribution in [0, 0.1) is 0 Å². The Hall–Kier alpha value is -2.75. The average molecular weight is 446 g/mol. The van der Waals surface area contributed by atoms with Gasteiger partial charge in [0.2, 0.25) is 5.88 Å². The number of urea groups is 1. The molecule has 0 bridgehead atoms. The number of fused-ring (bicyclic) bond motifs is 3. The lowest BCUT2D eigenvalue weighted by molar-refractivity contribution is 0.224. The predicted molar refractivity (Wildman–Crippen MR) is 116 cm³/mol. The molecule has 2 heterocycles. The molecule has 1 aromatic carbocycles. The number of nitrogens with one attached hydrogen (secondary N) is 3. The summed E-state index contributed by atoms with van der Waals surface area (Å²) >= 11 is 0. The van der Waals surface area contributed by atoms with Crippen LogP contribution in [0.3, 0.4) is 0 Å². The minimum Gasteiger partial charge on any atom is -0.477 e. The molecular formula is C21H27N5O4S. The molecule has 31 heavy (non-hydrogen) atoms. The number of nitrogens with zero attached hydrogens (tertiary/aromatic N) is 2. The number of aryl methyl sites for hydroxylation is 3. The van der Waals surface area contributed by atoms with E-state index in [-0.39, 0.29) is 16.6 Å². The molecular weight excluding hydrogens is 418 g/mol. The molecule has 3 aliphatic rings. The molecule has 1 aromatic heterocycles. The van der Waals surface area contributed by atoms with Gasteiger partial charge in [0.25, 0.3) is 10.0 Å². The Balaban J connectivity index is 1.44. The number of aromatic nitrogens is 2. The summed E-state index contributed by atoms with van der Waals surface area (Å²) in [6.07, 6.45) is 6.67. The molecule has 0 atom stereocenters. The molecule has 0 radical (unpaired) electrons. The highest BCUT2D eigenvalue weighted by Crippen LogP contribution is 2.39. The van der Waals surface area contributed by atoms with E-state index in [1.807, 2.05) is 6.92 Å². The number of sulfonamides is 1. The Kier molecular flexibility index (Phi) is 5.04. The molecule has 0 unspecified atom stereocenters. The molecule has 2 aliphatic carbocycles. The lowest BCUT2D eigenvalue weighted by atomic mass is 9.99. The van der Waals surface area contributed by atoms with Gasteiger partial charge in [-0.2, -0.15) is 5.10 Å². The van der Waals surface area contributed by atoms with Crippen molar-refractivity contribution < 1.29 is 17.9 Å². The number of ether oxygens (including phenoxy) is 1. The number of hydrogen-bond donors (Lipinski definition) is 3. The van der Waals surface area contributed by atoms with Gasteiger partial charge in [0.1, 0.15) is 0 Å². The van der Waals surface area contributed by atoms with E-state index in [4.69, 9.17) is 4.74 Å². The molecule has 5 rings (SSSR count). The fraction of sp³-hybridized carbons (Fsp3) is 0.524. The summed E-state index contributed by atoms with van der Waals surface area (Å²) in [5.74, 6) is 0.366. The van der Waals surface area contributed by atoms with Crippen molar-refractivity contribution in [3.05, 3.63) is 28.3 Å². The monoisotopic (exact) mass is 445 g/mol. The number of anilines is 2. The topological polar surface area (TPSA) is 114 Å². The largest absolute Gasteiger partial charge is 0.477 e. The van der Waals surface area contributed by atoms with Crippen LogP contribution in [-0.4, -0.2) is 37.4 Å². The Morgan fingerprint density at radius 2 is 1.84 bits per heavy atom. The van der Waals surface area contributed by atoms with Crippen molar-refractivity contribution in [3.8, 4) is 5.88 Å². The SMILES string of the molecule is CCNc1nn2c(c1S(=O)(=O)NC(=O)Nc1c3c(cc4c1CCC4)CCC3)OCCC2. The van der Waals surface area contributed by atoms with Crippen molar-refractivity contribution in [2.24, 2.45) is 0 Å². The van der Waals surface area contributed by atoms with Crippen LogP contribution in [0.5, 0.6) is 5.88 Å². The van der Waals surface area contributed by atoms with Gasteiger partial charge in [-0.1, -0.05) is 6.07 Å². The van der Waals surface area contributed by atoms with Gasteiger partial charge < -0.3 is 15.4 Å². The first-order chi connectivity index (χ1) is 15.0. The van der Waals surface area contributed by atoms with Gasteiger partial charge in [-0.05, 0) is 67.7 Å². The first kappa shape index (κ1) is 20.2. The first-order valence-electron chi connectivity index (χ1n) is 11.0. The zero-order chi connectivity index (χ0) is 21.6. The van der Waals surface area contributed by atoms with Crippen molar-refractivity contribution in [2.45, 2.75) is 63.3 Å². The standard InChI is InChI=1S/C21H27N5O4S/c1-2-22-19-18(20-26(24-19)10-5-11-30-20)31(28,29)25-21(27)23-17-15-8-3-6-13(15)12-14-7-4-9-16(14)17/h12H,2-11H2,1H3,(H,22,24)(H2,23,25,27). The van der Waals surface area contributed by atoms with Crippen LogP contribution in [0.2, 0.25) is 0 Å². The zero-order valence-corrected chi connectivity index (χ0v) is 18.4. The maximum Gasteiger partial charge on any atom is 0.333 e. The van der Waals surface area contributed by atoms with Crippen molar-refractivity contribution in [3.63, 3.8) is 0 Å². The molecule has 2 aromatic rings. The highest BCUT2D eigenvalue weighted by Gasteiger charge is 2.34. The third-order valence-electron chi connectivity index (χ3n) is 6.17. The number of amides is 2. The third-order valence-corrected chi connectivity index (χ3v) is 7.53. The average Bonchev–Trinajstić information content (AvgIpc) is 3.45. The van der Waals surface area contributed by atoms with Gasteiger partial charge in [0.15, 0.2) is 10.7 Å². The van der Waals surface area contributed by atoms with E-state index in [1.165, 1.54) is 15.8 Å². The molecule has 0 saturated carbocycles. The van der Waals surface area contributed by atoms with E-state index in [9.17, 15) is 13.2 Å². The molecule has 2 amide bonds. The van der Waals surface area contributed by atoms with Gasteiger partial charge in [-0.15, -0.1) is 0 Å². The minimum absolute atomic E-state index is 0.118. The van der Waals surface area contributed by atoms with E-state index < -0.39 is 16.1 Å². The fourth-order valence-electron chi connectivity index (χ4n) is 4.91. The van der Waals surface area contributed by atoms with Crippen LogP contribution in [0.25, 0.3) is 0 Å². The van der Waals surface area contributed by atoms with E-state index in [1.54, 1.807) is 0 Å². The van der Waals surface area contributed by atoms with E-state index in [2.05, 4.69) is 26.5 Å². The van der Waals surface area contributed by atoms with Crippen molar-refractivity contribution >= 4 is 27.6 Å². The van der Waals surface area contributed by atoms with Crippen LogP contribution in [0.15, 0.2) is 11.0 Å². The second-order valence-electron chi connectivity index (χ2n) is 8.23. The quantitative estimate of drug-likeness (QED) is 0.652. The van der Waals surface area contributed by atoms with Gasteiger partial charge in [0, 0.05) is 25.2 Å². The van der Waals surface area contributed by atoms with Crippen LogP contribution >= 0.6 is 0 Å². The number of rotatable bonds is 5. The van der Waals surface area contributed by atoms with Crippen LogP contribution in [0.4, 0.5) is 16.3 Å². The maximum absolute atomic E-state index is 13.2. The van der Waals surface area contributed by atoms with E-state index in [0.717, 1.165) is 61.8 Å². The Morgan fingerprint density at radius 3 is 2.52 bits per heavy atom.